The minimum atomic E-state index is -2.96. The highest BCUT2D eigenvalue weighted by Gasteiger charge is 2.16. The minimum Gasteiger partial charge on any atom is -0.316 e. The molecule has 0 aliphatic rings. The van der Waals surface area contributed by atoms with Gasteiger partial charge in [-0.25, -0.2) is 12.8 Å². The van der Waals surface area contributed by atoms with Crippen molar-refractivity contribution in [1.29, 1.82) is 0 Å². The highest BCUT2D eigenvalue weighted by molar-refractivity contribution is 7.91. The number of hydrogen-bond donors (Lipinski definition) is 1. The molecule has 0 saturated carbocycles. The molecule has 3 nitrogen and oxygen atoms in total. The fourth-order valence-corrected chi connectivity index (χ4v) is 2.97. The second kappa shape index (κ2) is 8.37. The van der Waals surface area contributed by atoms with Crippen molar-refractivity contribution < 1.29 is 12.8 Å². The molecule has 114 valence electrons. The first kappa shape index (κ1) is 17.1. The van der Waals surface area contributed by atoms with E-state index in [9.17, 15) is 12.8 Å². The molecule has 1 rings (SSSR count). The van der Waals surface area contributed by atoms with Crippen LogP contribution in [0.5, 0.6) is 0 Å². The molecule has 1 aromatic carbocycles. The Kier molecular flexibility index (Phi) is 7.16. The van der Waals surface area contributed by atoms with Gasteiger partial charge in [0.25, 0.3) is 0 Å². The van der Waals surface area contributed by atoms with Gasteiger partial charge in [-0.15, -0.1) is 0 Å². The lowest BCUT2D eigenvalue weighted by molar-refractivity contribution is 0.553. The molecule has 0 amide bonds. The van der Waals surface area contributed by atoms with E-state index in [2.05, 4.69) is 12.2 Å². The molecule has 0 saturated heterocycles. The van der Waals surface area contributed by atoms with Gasteiger partial charge >= 0.3 is 0 Å². The summed E-state index contributed by atoms with van der Waals surface area (Å²) in [6, 6.07) is 6.34. The van der Waals surface area contributed by atoms with Gasteiger partial charge in [0.05, 0.1) is 5.75 Å². The number of nitrogens with one attached hydrogen (secondary N) is 1. The summed E-state index contributed by atoms with van der Waals surface area (Å²) < 4.78 is 36.3. The van der Waals surface area contributed by atoms with Crippen LogP contribution in [0, 0.1) is 5.82 Å². The molecule has 0 heterocycles. The number of rotatable bonds is 9. The van der Waals surface area contributed by atoms with Crippen molar-refractivity contribution in [3.63, 3.8) is 0 Å². The summed E-state index contributed by atoms with van der Waals surface area (Å²) in [4.78, 5) is 0. The number of sulfone groups is 1. The van der Waals surface area contributed by atoms with E-state index >= 15 is 0 Å². The lowest BCUT2D eigenvalue weighted by Gasteiger charge is -2.18. The van der Waals surface area contributed by atoms with Crippen molar-refractivity contribution in [2.45, 2.75) is 32.6 Å². The lowest BCUT2D eigenvalue weighted by Crippen LogP contribution is -2.24. The van der Waals surface area contributed by atoms with Crippen LogP contribution in [0.4, 0.5) is 4.39 Å². The van der Waals surface area contributed by atoms with Crippen molar-refractivity contribution in [2.75, 3.05) is 24.6 Å². The van der Waals surface area contributed by atoms with E-state index in [-0.39, 0.29) is 23.2 Å². The molecule has 0 bridgehead atoms. The molecule has 20 heavy (non-hydrogen) atoms. The smallest absolute Gasteiger partial charge is 0.150 e. The van der Waals surface area contributed by atoms with Crippen LogP contribution >= 0.6 is 0 Å². The van der Waals surface area contributed by atoms with Crippen LogP contribution in [-0.2, 0) is 9.84 Å². The van der Waals surface area contributed by atoms with Crippen molar-refractivity contribution in [1.82, 2.24) is 5.32 Å². The summed E-state index contributed by atoms with van der Waals surface area (Å²) in [5, 5.41) is 3.31. The van der Waals surface area contributed by atoms with Gasteiger partial charge in [0, 0.05) is 12.3 Å². The first-order chi connectivity index (χ1) is 9.48. The van der Waals surface area contributed by atoms with Crippen LogP contribution in [0.3, 0.4) is 0 Å². The predicted molar refractivity (Wildman–Crippen MR) is 81.2 cm³/mol. The summed E-state index contributed by atoms with van der Waals surface area (Å²) in [5.74, 6) is 0.184. The highest BCUT2D eigenvalue weighted by Crippen LogP contribution is 2.20. The third-order valence-corrected chi connectivity index (χ3v) is 5.11. The number of halogens is 1. The zero-order chi connectivity index (χ0) is 15.0. The molecule has 0 aromatic heterocycles. The maximum atomic E-state index is 13.0. The third-order valence-electron chi connectivity index (χ3n) is 3.38. The van der Waals surface area contributed by atoms with E-state index in [1.165, 1.54) is 12.1 Å². The minimum absolute atomic E-state index is 0.100. The molecule has 0 spiro atoms. The van der Waals surface area contributed by atoms with E-state index in [0.717, 1.165) is 25.1 Å². The molecule has 1 aromatic rings. The Hall–Kier alpha value is -0.940. The van der Waals surface area contributed by atoms with Gasteiger partial charge in [0.2, 0.25) is 0 Å². The summed E-state index contributed by atoms with van der Waals surface area (Å²) in [7, 11) is -2.96. The van der Waals surface area contributed by atoms with Crippen LogP contribution in [0.2, 0.25) is 0 Å². The van der Waals surface area contributed by atoms with Crippen molar-refractivity contribution in [2.24, 2.45) is 0 Å². The van der Waals surface area contributed by atoms with Crippen molar-refractivity contribution in [3.05, 3.63) is 35.6 Å². The molecule has 0 aliphatic heterocycles. The van der Waals surface area contributed by atoms with E-state index in [0.29, 0.717) is 6.42 Å². The largest absolute Gasteiger partial charge is 0.316 e. The Morgan fingerprint density at radius 2 is 1.85 bits per heavy atom. The predicted octanol–water partition coefficient (Wildman–Crippen LogP) is 2.73. The number of benzene rings is 1. The molecule has 0 radical (unpaired) electrons. The molecular formula is C15H24FNO2S. The normalized spacial score (nSPS) is 13.3. The van der Waals surface area contributed by atoms with Crippen molar-refractivity contribution >= 4 is 9.84 Å². The quantitative estimate of drug-likeness (QED) is 0.713. The summed E-state index contributed by atoms with van der Waals surface area (Å²) in [6.07, 6.45) is 1.60. The van der Waals surface area contributed by atoms with E-state index in [1.807, 2.05) is 0 Å². The van der Waals surface area contributed by atoms with Crippen LogP contribution in [0.15, 0.2) is 24.3 Å². The van der Waals surface area contributed by atoms with Gasteiger partial charge in [0.1, 0.15) is 15.7 Å². The first-order valence-corrected chi connectivity index (χ1v) is 8.97. The van der Waals surface area contributed by atoms with Crippen LogP contribution in [-0.4, -0.2) is 33.0 Å². The molecule has 0 fully saturated rings. The first-order valence-electron chi connectivity index (χ1n) is 7.15. The molecule has 1 atom stereocenters. The Morgan fingerprint density at radius 3 is 2.40 bits per heavy atom. The van der Waals surface area contributed by atoms with Crippen LogP contribution in [0.25, 0.3) is 0 Å². The standard InChI is InChI=1S/C15H24FNO2S/c1-3-10-17-12-14(9-11-20(18,19)4-2)13-5-7-15(16)8-6-13/h5-8,14,17H,3-4,9-12H2,1-2H3. The SMILES string of the molecule is CCCNCC(CCS(=O)(=O)CC)c1ccc(F)cc1. The van der Waals surface area contributed by atoms with Gasteiger partial charge in [-0.2, -0.15) is 0 Å². The lowest BCUT2D eigenvalue weighted by atomic mass is 9.96. The van der Waals surface area contributed by atoms with Crippen LogP contribution in [0.1, 0.15) is 38.2 Å². The van der Waals surface area contributed by atoms with Gasteiger partial charge in [-0.3, -0.25) is 0 Å². The second-order valence-corrected chi connectivity index (χ2v) is 7.45. The average molecular weight is 301 g/mol. The molecule has 5 heteroatoms. The molecular weight excluding hydrogens is 277 g/mol. The van der Waals surface area contributed by atoms with E-state index in [4.69, 9.17) is 0 Å². The summed E-state index contributed by atoms with van der Waals surface area (Å²) in [5.41, 5.74) is 0.987. The van der Waals surface area contributed by atoms with Crippen LogP contribution < -0.4 is 5.32 Å². The third kappa shape index (κ3) is 6.01. The highest BCUT2D eigenvalue weighted by atomic mass is 32.2. The maximum absolute atomic E-state index is 13.0. The Bertz CT molecular complexity index is 485. The molecule has 1 unspecified atom stereocenters. The summed E-state index contributed by atoms with van der Waals surface area (Å²) >= 11 is 0. The van der Waals surface area contributed by atoms with Gasteiger partial charge in [0.15, 0.2) is 0 Å². The molecule has 0 aliphatic carbocycles. The zero-order valence-corrected chi connectivity index (χ0v) is 13.0. The maximum Gasteiger partial charge on any atom is 0.150 e. The Balaban J connectivity index is 2.71. The monoisotopic (exact) mass is 301 g/mol. The second-order valence-electron chi connectivity index (χ2n) is 4.98. The van der Waals surface area contributed by atoms with E-state index in [1.54, 1.807) is 19.1 Å². The zero-order valence-electron chi connectivity index (χ0n) is 12.2. The fraction of sp³-hybridized carbons (Fsp3) is 0.600. The van der Waals surface area contributed by atoms with Gasteiger partial charge in [-0.05, 0) is 43.0 Å². The fourth-order valence-electron chi connectivity index (χ4n) is 2.04. The number of hydrogen-bond acceptors (Lipinski definition) is 3. The Morgan fingerprint density at radius 1 is 1.20 bits per heavy atom. The van der Waals surface area contributed by atoms with Gasteiger partial charge < -0.3 is 5.32 Å². The topological polar surface area (TPSA) is 46.2 Å². The Labute approximate surface area is 121 Å². The average Bonchev–Trinajstić information content (AvgIpc) is 2.44. The van der Waals surface area contributed by atoms with Crippen molar-refractivity contribution in [3.8, 4) is 0 Å². The summed E-state index contributed by atoms with van der Waals surface area (Å²) in [6.45, 7) is 5.37. The van der Waals surface area contributed by atoms with E-state index < -0.39 is 9.84 Å². The van der Waals surface area contributed by atoms with Gasteiger partial charge in [-0.1, -0.05) is 26.0 Å². The molecule has 1 N–H and O–H groups in total.